The van der Waals surface area contributed by atoms with E-state index in [4.69, 9.17) is 0 Å². The van der Waals surface area contributed by atoms with E-state index in [0.717, 1.165) is 18.7 Å². The molecule has 0 spiro atoms. The van der Waals surface area contributed by atoms with Crippen LogP contribution in [0.1, 0.15) is 20.3 Å². The van der Waals surface area contributed by atoms with Gasteiger partial charge in [-0.1, -0.05) is 13.8 Å². The van der Waals surface area contributed by atoms with Crippen LogP contribution < -0.4 is 10.9 Å². The molecule has 1 unspecified atom stereocenters. The van der Waals surface area contributed by atoms with E-state index in [0.29, 0.717) is 17.8 Å². The summed E-state index contributed by atoms with van der Waals surface area (Å²) in [5.41, 5.74) is -0.00176. The lowest BCUT2D eigenvalue weighted by molar-refractivity contribution is 0.509. The Bertz CT molecular complexity index is 424. The van der Waals surface area contributed by atoms with Gasteiger partial charge < -0.3 is 9.88 Å². The van der Waals surface area contributed by atoms with Gasteiger partial charge in [-0.25, -0.2) is 4.98 Å². The van der Waals surface area contributed by atoms with Crippen molar-refractivity contribution >= 4 is 17.6 Å². The summed E-state index contributed by atoms with van der Waals surface area (Å²) in [4.78, 5) is 16.3. The van der Waals surface area contributed by atoms with Gasteiger partial charge in [0.15, 0.2) is 5.82 Å². The van der Waals surface area contributed by atoms with Crippen LogP contribution in [0.2, 0.25) is 0 Å². The molecule has 0 saturated carbocycles. The highest BCUT2D eigenvalue weighted by atomic mass is 32.2. The van der Waals surface area contributed by atoms with Gasteiger partial charge in [0.2, 0.25) is 0 Å². The summed E-state index contributed by atoms with van der Waals surface area (Å²) >= 11 is 1.92. The maximum absolute atomic E-state index is 12.1. The van der Waals surface area contributed by atoms with Crippen LogP contribution in [0.25, 0.3) is 0 Å². The average Bonchev–Trinajstić information content (AvgIpc) is 2.76. The number of anilines is 1. The summed E-state index contributed by atoms with van der Waals surface area (Å²) in [6.07, 6.45) is 4.58. The van der Waals surface area contributed by atoms with E-state index in [1.165, 1.54) is 5.75 Å². The third-order valence-electron chi connectivity index (χ3n) is 2.75. The van der Waals surface area contributed by atoms with Gasteiger partial charge in [-0.15, -0.1) is 0 Å². The second-order valence-electron chi connectivity index (χ2n) is 4.83. The summed E-state index contributed by atoms with van der Waals surface area (Å²) < 4.78 is 1.74. The van der Waals surface area contributed by atoms with Gasteiger partial charge in [0, 0.05) is 30.7 Å². The van der Waals surface area contributed by atoms with Gasteiger partial charge in [-0.2, -0.15) is 11.8 Å². The molecule has 0 aromatic carbocycles. The summed E-state index contributed by atoms with van der Waals surface area (Å²) in [5, 5.41) is 3.26. The zero-order valence-corrected chi connectivity index (χ0v) is 11.2. The second-order valence-corrected chi connectivity index (χ2v) is 5.98. The van der Waals surface area contributed by atoms with E-state index >= 15 is 0 Å². The number of nitrogens with one attached hydrogen (secondary N) is 1. The summed E-state index contributed by atoms with van der Waals surface area (Å²) in [7, 11) is 0. The molecule has 2 rings (SSSR count). The second kappa shape index (κ2) is 5.58. The van der Waals surface area contributed by atoms with Gasteiger partial charge in [0.1, 0.15) is 0 Å². The molecule has 94 valence electrons. The van der Waals surface area contributed by atoms with E-state index in [2.05, 4.69) is 24.1 Å². The molecule has 0 aliphatic carbocycles. The molecule has 1 N–H and O–H groups in total. The van der Waals surface area contributed by atoms with E-state index < -0.39 is 0 Å². The number of hydrogen-bond donors (Lipinski definition) is 1. The van der Waals surface area contributed by atoms with Crippen molar-refractivity contribution in [3.8, 4) is 0 Å². The maximum Gasteiger partial charge on any atom is 0.293 e. The van der Waals surface area contributed by atoms with E-state index in [1.54, 1.807) is 17.0 Å². The Morgan fingerprint density at radius 1 is 1.65 bits per heavy atom. The minimum absolute atomic E-state index is 0.00176. The largest absolute Gasteiger partial charge is 0.362 e. The van der Waals surface area contributed by atoms with Crippen molar-refractivity contribution in [1.29, 1.82) is 0 Å². The number of nitrogens with zero attached hydrogens (tertiary/aromatic N) is 2. The van der Waals surface area contributed by atoms with Gasteiger partial charge in [-0.05, 0) is 18.1 Å². The predicted octanol–water partition coefficient (Wildman–Crippen LogP) is 1.82. The lowest BCUT2D eigenvalue weighted by Crippen LogP contribution is -2.29. The number of rotatable bonds is 4. The fourth-order valence-corrected chi connectivity index (χ4v) is 3.08. The van der Waals surface area contributed by atoms with Crippen LogP contribution in [0.4, 0.5) is 5.82 Å². The Kier molecular flexibility index (Phi) is 4.10. The van der Waals surface area contributed by atoms with E-state index in [9.17, 15) is 4.79 Å². The standard InChI is InChI=1S/C12H19N3OS/c1-9(2)7-15-5-4-13-11(12(15)16)14-10-3-6-17-8-10/h4-5,9-10H,3,6-8H2,1-2H3,(H,13,14). The first-order valence-corrected chi connectivity index (χ1v) is 7.22. The molecular weight excluding hydrogens is 234 g/mol. The average molecular weight is 253 g/mol. The molecule has 1 atom stereocenters. The smallest absolute Gasteiger partial charge is 0.293 e. The summed E-state index contributed by atoms with van der Waals surface area (Å²) in [5.74, 6) is 3.20. The first kappa shape index (κ1) is 12.5. The minimum atomic E-state index is -0.00176. The third-order valence-corrected chi connectivity index (χ3v) is 3.91. The van der Waals surface area contributed by atoms with Crippen LogP contribution >= 0.6 is 11.8 Å². The summed E-state index contributed by atoms with van der Waals surface area (Å²) in [6, 6.07) is 0.398. The molecule has 4 nitrogen and oxygen atoms in total. The van der Waals surface area contributed by atoms with Gasteiger partial charge in [0.25, 0.3) is 5.56 Å². The van der Waals surface area contributed by atoms with Crippen molar-refractivity contribution in [2.24, 2.45) is 5.92 Å². The lowest BCUT2D eigenvalue weighted by Gasteiger charge is -2.13. The van der Waals surface area contributed by atoms with Crippen molar-refractivity contribution in [2.45, 2.75) is 32.9 Å². The molecular formula is C12H19N3OS. The molecule has 2 heterocycles. The zero-order valence-electron chi connectivity index (χ0n) is 10.3. The van der Waals surface area contributed by atoms with Crippen molar-refractivity contribution < 1.29 is 0 Å². The highest BCUT2D eigenvalue weighted by Crippen LogP contribution is 2.19. The highest BCUT2D eigenvalue weighted by molar-refractivity contribution is 7.99. The van der Waals surface area contributed by atoms with Crippen molar-refractivity contribution in [3.05, 3.63) is 22.7 Å². The Labute approximate surface area is 106 Å². The van der Waals surface area contributed by atoms with Crippen LogP contribution in [0.5, 0.6) is 0 Å². The zero-order chi connectivity index (χ0) is 12.3. The van der Waals surface area contributed by atoms with Crippen LogP contribution in [0, 0.1) is 5.92 Å². The quantitative estimate of drug-likeness (QED) is 0.889. The predicted molar refractivity (Wildman–Crippen MR) is 72.7 cm³/mol. The monoisotopic (exact) mass is 253 g/mol. The SMILES string of the molecule is CC(C)Cn1ccnc(NC2CCSC2)c1=O. The molecule has 1 aliphatic rings. The molecule has 1 aliphatic heterocycles. The fraction of sp³-hybridized carbons (Fsp3) is 0.667. The van der Waals surface area contributed by atoms with Crippen molar-refractivity contribution in [3.63, 3.8) is 0 Å². The highest BCUT2D eigenvalue weighted by Gasteiger charge is 2.17. The van der Waals surface area contributed by atoms with Crippen LogP contribution in [0.15, 0.2) is 17.2 Å². The molecule has 1 saturated heterocycles. The summed E-state index contributed by atoms with van der Waals surface area (Å²) in [6.45, 7) is 4.95. The normalized spacial score (nSPS) is 19.8. The van der Waals surface area contributed by atoms with Crippen molar-refractivity contribution in [2.75, 3.05) is 16.8 Å². The Morgan fingerprint density at radius 2 is 2.47 bits per heavy atom. The molecule has 0 bridgehead atoms. The van der Waals surface area contributed by atoms with Crippen molar-refractivity contribution in [1.82, 2.24) is 9.55 Å². The van der Waals surface area contributed by atoms with E-state index in [1.807, 2.05) is 11.8 Å². The number of aromatic nitrogens is 2. The first-order valence-electron chi connectivity index (χ1n) is 6.06. The molecule has 17 heavy (non-hydrogen) atoms. The first-order chi connectivity index (χ1) is 8.16. The van der Waals surface area contributed by atoms with Gasteiger partial charge >= 0.3 is 0 Å². The van der Waals surface area contributed by atoms with Crippen LogP contribution in [-0.2, 0) is 6.54 Å². The van der Waals surface area contributed by atoms with Crippen LogP contribution in [-0.4, -0.2) is 27.1 Å². The number of thioether (sulfide) groups is 1. The Balaban J connectivity index is 2.13. The molecule has 1 fully saturated rings. The number of hydrogen-bond acceptors (Lipinski definition) is 4. The molecule has 0 amide bonds. The van der Waals surface area contributed by atoms with E-state index in [-0.39, 0.29) is 5.56 Å². The fourth-order valence-electron chi connectivity index (χ4n) is 1.93. The molecule has 1 aromatic rings. The third kappa shape index (κ3) is 3.25. The minimum Gasteiger partial charge on any atom is -0.362 e. The topological polar surface area (TPSA) is 46.9 Å². The molecule has 1 aromatic heterocycles. The lowest BCUT2D eigenvalue weighted by atomic mass is 10.2. The Hall–Kier alpha value is -0.970. The molecule has 0 radical (unpaired) electrons. The van der Waals surface area contributed by atoms with Gasteiger partial charge in [-0.3, -0.25) is 4.79 Å². The van der Waals surface area contributed by atoms with Crippen LogP contribution in [0.3, 0.4) is 0 Å². The van der Waals surface area contributed by atoms with Gasteiger partial charge in [0.05, 0.1) is 0 Å². The Morgan fingerprint density at radius 3 is 3.12 bits per heavy atom. The molecule has 5 heteroatoms. The maximum atomic E-state index is 12.1.